The summed E-state index contributed by atoms with van der Waals surface area (Å²) in [6.07, 6.45) is 0.434. The largest absolute Gasteiger partial charge is 0.490 e. The van der Waals surface area contributed by atoms with Crippen LogP contribution >= 0.6 is 0 Å². The third kappa shape index (κ3) is 6.49. The quantitative estimate of drug-likeness (QED) is 0.635. The zero-order valence-corrected chi connectivity index (χ0v) is 20.1. The topological polar surface area (TPSA) is 51.2 Å². The predicted molar refractivity (Wildman–Crippen MR) is 129 cm³/mol. The number of morpholine rings is 1. The Morgan fingerprint density at radius 2 is 1.76 bits per heavy atom. The minimum atomic E-state index is -0.441. The third-order valence-electron chi connectivity index (χ3n) is 6.04. The Morgan fingerprint density at radius 1 is 1.03 bits per heavy atom. The van der Waals surface area contributed by atoms with Gasteiger partial charge in [-0.3, -0.25) is 9.69 Å². The van der Waals surface area contributed by atoms with Crippen LogP contribution in [0.2, 0.25) is 0 Å². The van der Waals surface area contributed by atoms with Crippen LogP contribution in [0.3, 0.4) is 0 Å². The van der Waals surface area contributed by atoms with E-state index >= 15 is 0 Å². The summed E-state index contributed by atoms with van der Waals surface area (Å²) in [5.41, 5.74) is 3.56. The van der Waals surface area contributed by atoms with Crippen molar-refractivity contribution >= 4 is 5.91 Å². The molecule has 1 unspecified atom stereocenters. The lowest BCUT2D eigenvalue weighted by Gasteiger charge is -2.35. The fourth-order valence-electron chi connectivity index (χ4n) is 4.35. The van der Waals surface area contributed by atoms with Crippen LogP contribution < -0.4 is 9.47 Å². The van der Waals surface area contributed by atoms with Crippen LogP contribution in [0.5, 0.6) is 11.5 Å². The Balaban J connectivity index is 1.43. The van der Waals surface area contributed by atoms with E-state index in [0.717, 1.165) is 36.6 Å². The molecular formula is C27H36N2O4. The highest BCUT2D eigenvalue weighted by Crippen LogP contribution is 2.31. The number of carbonyl (C=O) groups is 1. The van der Waals surface area contributed by atoms with E-state index in [2.05, 4.69) is 49.9 Å². The van der Waals surface area contributed by atoms with Crippen molar-refractivity contribution in [1.82, 2.24) is 9.80 Å². The summed E-state index contributed by atoms with van der Waals surface area (Å²) >= 11 is 0. The van der Waals surface area contributed by atoms with Crippen LogP contribution in [0.15, 0.2) is 42.5 Å². The van der Waals surface area contributed by atoms with E-state index in [9.17, 15) is 4.79 Å². The number of fused-ring (bicyclic) bond motifs is 1. The van der Waals surface area contributed by atoms with Gasteiger partial charge in [0, 0.05) is 39.1 Å². The van der Waals surface area contributed by atoms with E-state index in [1.165, 1.54) is 11.1 Å². The number of benzene rings is 2. The maximum atomic E-state index is 13.5. The lowest BCUT2D eigenvalue weighted by Crippen LogP contribution is -2.51. The first-order valence-corrected chi connectivity index (χ1v) is 12.0. The molecule has 2 aromatic carbocycles. The molecule has 2 aromatic rings. The van der Waals surface area contributed by atoms with E-state index < -0.39 is 6.10 Å². The fourth-order valence-corrected chi connectivity index (χ4v) is 4.35. The highest BCUT2D eigenvalue weighted by Gasteiger charge is 2.31. The number of carbonyl (C=O) groups excluding carboxylic acids is 1. The smallest absolute Gasteiger partial charge is 0.253 e. The lowest BCUT2D eigenvalue weighted by atomic mass is 10.1. The number of aryl methyl sites for hydroxylation is 1. The molecule has 0 saturated carbocycles. The Hall–Kier alpha value is -2.57. The summed E-state index contributed by atoms with van der Waals surface area (Å²) in [4.78, 5) is 17.8. The minimum Gasteiger partial charge on any atom is -0.490 e. The normalized spacial score (nSPS) is 18.7. The van der Waals surface area contributed by atoms with Crippen molar-refractivity contribution in [3.05, 3.63) is 59.2 Å². The van der Waals surface area contributed by atoms with E-state index in [1.807, 2.05) is 23.1 Å². The lowest BCUT2D eigenvalue weighted by molar-refractivity contribution is -0.151. The van der Waals surface area contributed by atoms with Crippen molar-refractivity contribution in [2.45, 2.75) is 46.4 Å². The highest BCUT2D eigenvalue weighted by atomic mass is 16.5. The van der Waals surface area contributed by atoms with Crippen LogP contribution in [0.25, 0.3) is 0 Å². The number of ether oxygens (including phenoxy) is 3. The van der Waals surface area contributed by atoms with Gasteiger partial charge in [-0.25, -0.2) is 0 Å². The Labute approximate surface area is 197 Å². The van der Waals surface area contributed by atoms with Crippen LogP contribution in [-0.4, -0.2) is 61.3 Å². The first-order valence-electron chi connectivity index (χ1n) is 12.0. The Bertz CT molecular complexity index is 928. The molecule has 0 aromatic heterocycles. The van der Waals surface area contributed by atoms with Gasteiger partial charge < -0.3 is 19.1 Å². The second kappa shape index (κ2) is 11.0. The van der Waals surface area contributed by atoms with Crippen LogP contribution in [0.4, 0.5) is 0 Å². The van der Waals surface area contributed by atoms with Crippen molar-refractivity contribution in [3.63, 3.8) is 0 Å². The average Bonchev–Trinajstić information content (AvgIpc) is 3.05. The van der Waals surface area contributed by atoms with Crippen molar-refractivity contribution < 1.29 is 19.0 Å². The molecule has 2 heterocycles. The first kappa shape index (κ1) is 23.6. The van der Waals surface area contributed by atoms with Gasteiger partial charge in [-0.1, -0.05) is 49.7 Å². The van der Waals surface area contributed by atoms with Gasteiger partial charge in [0.15, 0.2) is 11.5 Å². The van der Waals surface area contributed by atoms with Gasteiger partial charge in [-0.05, 0) is 36.1 Å². The van der Waals surface area contributed by atoms with Crippen molar-refractivity contribution in [2.75, 3.05) is 39.5 Å². The summed E-state index contributed by atoms with van der Waals surface area (Å²) < 4.78 is 17.6. The van der Waals surface area contributed by atoms with Crippen LogP contribution in [0.1, 0.15) is 37.0 Å². The maximum absolute atomic E-state index is 13.5. The molecule has 1 atom stereocenters. The molecule has 0 radical (unpaired) electrons. The van der Waals surface area contributed by atoms with Gasteiger partial charge in [0.1, 0.15) is 6.10 Å². The van der Waals surface area contributed by atoms with E-state index in [0.29, 0.717) is 45.4 Å². The number of nitrogens with zero attached hydrogens (tertiary/aromatic N) is 2. The summed E-state index contributed by atoms with van der Waals surface area (Å²) in [7, 11) is 0. The van der Waals surface area contributed by atoms with Crippen molar-refractivity contribution in [2.24, 2.45) is 5.92 Å². The van der Waals surface area contributed by atoms with Crippen molar-refractivity contribution in [3.8, 4) is 11.5 Å². The van der Waals surface area contributed by atoms with Crippen LogP contribution in [-0.2, 0) is 22.6 Å². The summed E-state index contributed by atoms with van der Waals surface area (Å²) in [6, 6.07) is 14.6. The number of amides is 1. The van der Waals surface area contributed by atoms with Gasteiger partial charge in [0.2, 0.25) is 0 Å². The molecule has 0 bridgehead atoms. The zero-order chi connectivity index (χ0) is 23.2. The van der Waals surface area contributed by atoms with Gasteiger partial charge >= 0.3 is 0 Å². The monoisotopic (exact) mass is 452 g/mol. The van der Waals surface area contributed by atoms with Gasteiger partial charge in [-0.2, -0.15) is 0 Å². The zero-order valence-electron chi connectivity index (χ0n) is 20.1. The molecule has 33 heavy (non-hydrogen) atoms. The molecule has 1 amide bonds. The maximum Gasteiger partial charge on any atom is 0.253 e. The average molecular weight is 453 g/mol. The third-order valence-corrected chi connectivity index (χ3v) is 6.04. The molecule has 178 valence electrons. The molecule has 0 aliphatic carbocycles. The number of hydrogen-bond acceptors (Lipinski definition) is 5. The molecule has 2 aliphatic rings. The predicted octanol–water partition coefficient (Wildman–Crippen LogP) is 4.04. The van der Waals surface area contributed by atoms with E-state index in [-0.39, 0.29) is 5.91 Å². The van der Waals surface area contributed by atoms with Gasteiger partial charge in [0.05, 0.1) is 19.8 Å². The molecule has 1 fully saturated rings. The molecule has 2 aliphatic heterocycles. The van der Waals surface area contributed by atoms with E-state index in [4.69, 9.17) is 14.2 Å². The Morgan fingerprint density at radius 3 is 2.52 bits per heavy atom. The molecule has 4 rings (SSSR count). The van der Waals surface area contributed by atoms with Gasteiger partial charge in [0.25, 0.3) is 5.91 Å². The second-order valence-corrected chi connectivity index (χ2v) is 9.52. The molecule has 0 spiro atoms. The minimum absolute atomic E-state index is 0.0596. The van der Waals surface area contributed by atoms with Gasteiger partial charge in [-0.15, -0.1) is 0 Å². The summed E-state index contributed by atoms with van der Waals surface area (Å²) in [6.45, 7) is 11.8. The summed E-state index contributed by atoms with van der Waals surface area (Å²) in [5.74, 6) is 1.96. The molecule has 1 saturated heterocycles. The summed E-state index contributed by atoms with van der Waals surface area (Å²) in [5, 5.41) is 0. The first-order chi connectivity index (χ1) is 16.0. The molecular weight excluding hydrogens is 416 g/mol. The molecule has 6 heteroatoms. The Kier molecular flexibility index (Phi) is 7.89. The second-order valence-electron chi connectivity index (χ2n) is 9.52. The number of hydrogen-bond donors (Lipinski definition) is 0. The number of rotatable bonds is 7. The highest BCUT2D eigenvalue weighted by molar-refractivity contribution is 5.81. The van der Waals surface area contributed by atoms with E-state index in [1.54, 1.807) is 0 Å². The standard InChI is InChI=1S/C27H36N2O4/c1-20(2)16-29(18-23-9-10-24-25(15-23)32-13-4-12-31-24)27(30)26-19-28(11-14-33-26)17-22-7-5-21(3)6-8-22/h5-10,15,20,26H,4,11-14,16-19H2,1-3H3. The fraction of sp³-hybridized carbons (Fsp3) is 0.519. The SMILES string of the molecule is Cc1ccc(CN2CCOC(C(=O)N(Cc3ccc4c(c3)OCCCO4)CC(C)C)C2)cc1. The van der Waals surface area contributed by atoms with Crippen molar-refractivity contribution in [1.29, 1.82) is 0 Å². The molecule has 0 N–H and O–H groups in total. The van der Waals surface area contributed by atoms with Crippen LogP contribution in [0, 0.1) is 12.8 Å². The molecule has 6 nitrogen and oxygen atoms in total.